The Morgan fingerprint density at radius 1 is 1.13 bits per heavy atom. The van der Waals surface area contributed by atoms with Crippen molar-refractivity contribution in [1.82, 2.24) is 14.9 Å². The summed E-state index contributed by atoms with van der Waals surface area (Å²) in [4.78, 5) is 11.4. The lowest BCUT2D eigenvalue weighted by atomic mass is 10.0. The molecular formula is C25H28N4O2. The normalized spacial score (nSPS) is 15.9. The number of nitrogens with zero attached hydrogens (tertiary/aromatic N) is 3. The van der Waals surface area contributed by atoms with E-state index >= 15 is 0 Å². The topological polar surface area (TPSA) is 59.5 Å². The first-order valence-corrected chi connectivity index (χ1v) is 10.4. The SMILES string of the molecule is COc1ccc(-c2cccc3cnc(NC4=CCC(OCCN(C)C)C=C4)nc23)cc1. The number of hydrogen-bond donors (Lipinski definition) is 1. The molecule has 1 N–H and O–H groups in total. The summed E-state index contributed by atoms with van der Waals surface area (Å²) in [6.07, 6.45) is 9.05. The summed E-state index contributed by atoms with van der Waals surface area (Å²) >= 11 is 0. The molecule has 0 amide bonds. The van der Waals surface area contributed by atoms with E-state index in [0.29, 0.717) is 5.95 Å². The maximum atomic E-state index is 5.89. The van der Waals surface area contributed by atoms with E-state index in [2.05, 4.69) is 33.4 Å². The molecular weight excluding hydrogens is 388 g/mol. The molecule has 1 aliphatic rings. The zero-order valence-electron chi connectivity index (χ0n) is 18.2. The van der Waals surface area contributed by atoms with Crippen molar-refractivity contribution < 1.29 is 9.47 Å². The molecule has 4 rings (SSSR count). The van der Waals surface area contributed by atoms with E-state index in [1.165, 1.54) is 0 Å². The van der Waals surface area contributed by atoms with Crippen LogP contribution in [-0.2, 0) is 4.74 Å². The Hall–Kier alpha value is -3.22. The van der Waals surface area contributed by atoms with Gasteiger partial charge in [-0.05, 0) is 44.3 Å². The van der Waals surface area contributed by atoms with Gasteiger partial charge < -0.3 is 19.7 Å². The number of para-hydroxylation sites is 1. The Labute approximate surface area is 183 Å². The maximum absolute atomic E-state index is 5.89. The predicted octanol–water partition coefficient (Wildman–Crippen LogP) is 4.51. The van der Waals surface area contributed by atoms with Gasteiger partial charge in [0.05, 0.1) is 25.3 Å². The summed E-state index contributed by atoms with van der Waals surface area (Å²) in [5.41, 5.74) is 4.04. The van der Waals surface area contributed by atoms with Gasteiger partial charge in [0.25, 0.3) is 0 Å². The molecule has 0 fully saturated rings. The lowest BCUT2D eigenvalue weighted by Gasteiger charge is -2.19. The molecule has 6 heteroatoms. The van der Waals surface area contributed by atoms with Crippen LogP contribution < -0.4 is 10.1 Å². The number of likely N-dealkylation sites (N-methyl/N-ethyl adjacent to an activating group) is 1. The van der Waals surface area contributed by atoms with E-state index in [1.54, 1.807) is 7.11 Å². The van der Waals surface area contributed by atoms with E-state index in [9.17, 15) is 0 Å². The Balaban J connectivity index is 1.49. The Kier molecular flexibility index (Phi) is 6.60. The highest BCUT2D eigenvalue weighted by molar-refractivity contribution is 5.93. The third-order valence-electron chi connectivity index (χ3n) is 5.20. The van der Waals surface area contributed by atoms with Crippen LogP contribution in [0.25, 0.3) is 22.0 Å². The molecule has 2 aromatic carbocycles. The largest absolute Gasteiger partial charge is 0.497 e. The first kappa shape index (κ1) is 21.0. The van der Waals surface area contributed by atoms with Crippen LogP contribution in [0.1, 0.15) is 6.42 Å². The number of ether oxygens (including phenoxy) is 2. The highest BCUT2D eigenvalue weighted by Gasteiger charge is 2.12. The summed E-state index contributed by atoms with van der Waals surface area (Å²) in [7, 11) is 5.77. The number of rotatable bonds is 8. The molecule has 0 bridgehead atoms. The van der Waals surface area contributed by atoms with Gasteiger partial charge in [-0.2, -0.15) is 0 Å². The minimum atomic E-state index is 0.115. The standard InChI is InChI=1S/C25H28N4O2/c1-29(2)15-16-31-22-13-9-20(10-14-22)27-25-26-17-19-5-4-6-23(24(19)28-25)18-7-11-21(30-3)12-8-18/h4-13,17,22H,14-16H2,1-3H3,(H,26,27,28). The second kappa shape index (κ2) is 9.73. The lowest BCUT2D eigenvalue weighted by molar-refractivity contribution is 0.0745. The van der Waals surface area contributed by atoms with Crippen LogP contribution in [0.3, 0.4) is 0 Å². The van der Waals surface area contributed by atoms with Crippen LogP contribution in [0.4, 0.5) is 5.95 Å². The molecule has 0 saturated carbocycles. The zero-order chi connectivity index (χ0) is 21.6. The van der Waals surface area contributed by atoms with Gasteiger partial charge in [0.2, 0.25) is 5.95 Å². The second-order valence-corrected chi connectivity index (χ2v) is 7.76. The molecule has 0 saturated heterocycles. The van der Waals surface area contributed by atoms with Crippen molar-refractivity contribution in [2.45, 2.75) is 12.5 Å². The maximum Gasteiger partial charge on any atom is 0.227 e. The lowest BCUT2D eigenvalue weighted by Crippen LogP contribution is -2.22. The Morgan fingerprint density at radius 3 is 2.68 bits per heavy atom. The van der Waals surface area contributed by atoms with Crippen LogP contribution in [0, 0.1) is 0 Å². The molecule has 6 nitrogen and oxygen atoms in total. The first-order valence-electron chi connectivity index (χ1n) is 10.4. The van der Waals surface area contributed by atoms with Gasteiger partial charge in [-0.1, -0.05) is 42.5 Å². The molecule has 31 heavy (non-hydrogen) atoms. The number of fused-ring (bicyclic) bond motifs is 1. The molecule has 0 spiro atoms. The monoisotopic (exact) mass is 416 g/mol. The van der Waals surface area contributed by atoms with Gasteiger partial charge in [-0.25, -0.2) is 9.97 Å². The zero-order valence-corrected chi connectivity index (χ0v) is 18.2. The highest BCUT2D eigenvalue weighted by Crippen LogP contribution is 2.29. The molecule has 1 atom stereocenters. The first-order chi connectivity index (χ1) is 15.1. The smallest absolute Gasteiger partial charge is 0.227 e. The molecule has 1 aromatic heterocycles. The fraction of sp³-hybridized carbons (Fsp3) is 0.280. The summed E-state index contributed by atoms with van der Waals surface area (Å²) < 4.78 is 11.2. The van der Waals surface area contributed by atoms with E-state index < -0.39 is 0 Å². The molecule has 1 aliphatic carbocycles. The Bertz CT molecular complexity index is 1090. The van der Waals surface area contributed by atoms with Crippen LogP contribution in [0.2, 0.25) is 0 Å². The van der Waals surface area contributed by atoms with Crippen molar-refractivity contribution in [3.05, 3.63) is 72.6 Å². The quantitative estimate of drug-likeness (QED) is 0.583. The highest BCUT2D eigenvalue weighted by atomic mass is 16.5. The van der Waals surface area contributed by atoms with Crippen molar-refractivity contribution in [2.24, 2.45) is 0 Å². The van der Waals surface area contributed by atoms with Crippen molar-refractivity contribution in [3.63, 3.8) is 0 Å². The molecule has 1 unspecified atom stereocenters. The van der Waals surface area contributed by atoms with Gasteiger partial charge in [0.15, 0.2) is 0 Å². The average molecular weight is 417 g/mol. The van der Waals surface area contributed by atoms with E-state index in [1.807, 2.05) is 62.8 Å². The molecule has 0 aliphatic heterocycles. The molecule has 3 aromatic rings. The van der Waals surface area contributed by atoms with Gasteiger partial charge in [0, 0.05) is 29.4 Å². The minimum Gasteiger partial charge on any atom is -0.497 e. The predicted molar refractivity (Wildman–Crippen MR) is 125 cm³/mol. The minimum absolute atomic E-state index is 0.115. The molecule has 0 radical (unpaired) electrons. The summed E-state index contributed by atoms with van der Waals surface area (Å²) in [6.45, 7) is 1.64. The van der Waals surface area contributed by atoms with Crippen LogP contribution >= 0.6 is 0 Å². The van der Waals surface area contributed by atoms with Crippen molar-refractivity contribution >= 4 is 16.9 Å². The summed E-state index contributed by atoms with van der Waals surface area (Å²) in [5, 5.41) is 4.33. The Morgan fingerprint density at radius 2 is 1.97 bits per heavy atom. The van der Waals surface area contributed by atoms with Crippen molar-refractivity contribution in [1.29, 1.82) is 0 Å². The number of anilines is 1. The van der Waals surface area contributed by atoms with E-state index in [4.69, 9.17) is 14.5 Å². The molecule has 1 heterocycles. The third kappa shape index (κ3) is 5.29. The average Bonchev–Trinajstić information content (AvgIpc) is 2.80. The van der Waals surface area contributed by atoms with Crippen LogP contribution in [0.5, 0.6) is 5.75 Å². The fourth-order valence-electron chi connectivity index (χ4n) is 3.45. The van der Waals surface area contributed by atoms with Crippen LogP contribution in [0.15, 0.2) is 72.6 Å². The van der Waals surface area contributed by atoms with Gasteiger partial charge in [-0.15, -0.1) is 0 Å². The van der Waals surface area contributed by atoms with Gasteiger partial charge in [-0.3, -0.25) is 0 Å². The number of aromatic nitrogens is 2. The number of benzene rings is 2. The summed E-state index contributed by atoms with van der Waals surface area (Å²) in [6, 6.07) is 14.2. The number of allylic oxidation sites excluding steroid dienone is 1. The van der Waals surface area contributed by atoms with Gasteiger partial charge in [0.1, 0.15) is 5.75 Å². The number of hydrogen-bond acceptors (Lipinski definition) is 6. The van der Waals surface area contributed by atoms with Crippen molar-refractivity contribution in [2.75, 3.05) is 39.7 Å². The third-order valence-corrected chi connectivity index (χ3v) is 5.20. The fourth-order valence-corrected chi connectivity index (χ4v) is 3.45. The number of nitrogens with one attached hydrogen (secondary N) is 1. The second-order valence-electron chi connectivity index (χ2n) is 7.76. The summed E-state index contributed by atoms with van der Waals surface area (Å²) in [5.74, 6) is 1.41. The number of methoxy groups -OCH3 is 1. The molecule has 160 valence electrons. The van der Waals surface area contributed by atoms with E-state index in [0.717, 1.165) is 53.0 Å². The van der Waals surface area contributed by atoms with E-state index in [-0.39, 0.29) is 6.10 Å². The van der Waals surface area contributed by atoms with Crippen molar-refractivity contribution in [3.8, 4) is 16.9 Å². The van der Waals surface area contributed by atoms with Gasteiger partial charge >= 0.3 is 0 Å². The van der Waals surface area contributed by atoms with Crippen LogP contribution in [-0.4, -0.2) is 55.3 Å².